The molecule has 11 heteroatoms. The molecule has 0 saturated heterocycles. The maximum atomic E-state index is 13.2. The van der Waals surface area contributed by atoms with Gasteiger partial charge >= 0.3 is 0 Å². The quantitative estimate of drug-likeness (QED) is 0.483. The molecular formula is C12H20B8ClNO. The van der Waals surface area contributed by atoms with Gasteiger partial charge in [0.25, 0.3) is 6.13 Å². The number of ketones is 1. The van der Waals surface area contributed by atoms with Crippen LogP contribution in [0.15, 0.2) is 0 Å². The van der Waals surface area contributed by atoms with E-state index < -0.39 is 10.8 Å². The summed E-state index contributed by atoms with van der Waals surface area (Å²) in [5.41, 5.74) is 12.9. The average Bonchev–Trinajstić information content (AvgIpc) is 2.61. The summed E-state index contributed by atoms with van der Waals surface area (Å²) in [6, 6.07) is 0. The molecule has 2 unspecified atom stereocenters. The van der Waals surface area contributed by atoms with Crippen LogP contribution in [0.2, 0.25) is 10.4 Å². The molecule has 23 heavy (non-hydrogen) atoms. The third-order valence-corrected chi connectivity index (χ3v) is 7.47. The molecule has 3 rings (SSSR count). The first-order valence-electron chi connectivity index (χ1n) is 8.45. The summed E-state index contributed by atoms with van der Waals surface area (Å²) < 4.78 is 0. The van der Waals surface area contributed by atoms with Gasteiger partial charge in [-0.05, 0) is 17.2 Å². The number of benzene rings is 1. The lowest BCUT2D eigenvalue weighted by molar-refractivity contribution is -0.127. The molecule has 0 radical (unpaired) electrons. The van der Waals surface area contributed by atoms with Crippen molar-refractivity contribution in [3.05, 3.63) is 5.56 Å². The lowest BCUT2D eigenvalue weighted by Crippen LogP contribution is -2.62. The first-order chi connectivity index (χ1) is 10.4. The van der Waals surface area contributed by atoms with Gasteiger partial charge in [-0.25, -0.2) is 0 Å². The van der Waals surface area contributed by atoms with Gasteiger partial charge in [-0.3, -0.25) is 4.79 Å². The highest BCUT2D eigenvalue weighted by atomic mass is 35.5. The average molecular weight is 316 g/mol. The van der Waals surface area contributed by atoms with Crippen LogP contribution in [0.25, 0.3) is 0 Å². The predicted molar refractivity (Wildman–Crippen MR) is 122 cm³/mol. The molecule has 1 aliphatic carbocycles. The van der Waals surface area contributed by atoms with Crippen LogP contribution in [0.4, 0.5) is 0 Å². The number of hydrogen-bond acceptors (Lipinski definition) is 2. The summed E-state index contributed by atoms with van der Waals surface area (Å²) in [5, 5.41) is -0.499. The third-order valence-electron chi connectivity index (χ3n) is 6.77. The molecule has 0 spiro atoms. The highest BCUT2D eigenvalue weighted by Crippen LogP contribution is 2.61. The van der Waals surface area contributed by atoms with E-state index in [0.717, 1.165) is 22.9 Å². The molecular weight excluding hydrogens is 296 g/mol. The Bertz CT molecular complexity index is 755. The van der Waals surface area contributed by atoms with Gasteiger partial charge in [0.1, 0.15) is 39.2 Å². The van der Waals surface area contributed by atoms with Gasteiger partial charge in [-0.1, -0.05) is 28.0 Å². The van der Waals surface area contributed by atoms with Crippen LogP contribution in [-0.4, -0.2) is 66.8 Å². The second-order valence-corrected chi connectivity index (χ2v) is 9.25. The number of fused-ring (bicyclic) bond motifs is 3. The van der Waals surface area contributed by atoms with Crippen LogP contribution in [0, 0.1) is 0 Å². The fourth-order valence-electron chi connectivity index (χ4n) is 5.29. The monoisotopic (exact) mass is 317 g/mol. The number of rotatable bonds is 0. The maximum absolute atomic E-state index is 13.2. The molecule has 1 heterocycles. The van der Waals surface area contributed by atoms with Crippen molar-refractivity contribution in [2.75, 3.05) is 0 Å². The van der Waals surface area contributed by atoms with Crippen LogP contribution in [0.3, 0.4) is 0 Å². The fourth-order valence-corrected chi connectivity index (χ4v) is 5.81. The zero-order valence-corrected chi connectivity index (χ0v) is 16.1. The largest absolute Gasteiger partial charge is 0.316 e. The van der Waals surface area contributed by atoms with Crippen LogP contribution < -0.4 is 33.0 Å². The summed E-state index contributed by atoms with van der Waals surface area (Å²) in [5.74, 6) is 0.145. The van der Waals surface area contributed by atoms with Crippen molar-refractivity contribution in [1.82, 2.24) is 0 Å². The lowest BCUT2D eigenvalue weighted by atomic mass is 9.27. The minimum atomic E-state index is -0.961. The second kappa shape index (κ2) is 4.85. The highest BCUT2D eigenvalue weighted by Gasteiger charge is 2.67. The van der Waals surface area contributed by atoms with E-state index >= 15 is 0 Å². The van der Waals surface area contributed by atoms with E-state index in [1.54, 1.807) is 0 Å². The van der Waals surface area contributed by atoms with Crippen molar-refractivity contribution in [2.24, 2.45) is 5.73 Å². The Morgan fingerprint density at radius 2 is 1.52 bits per heavy atom. The molecule has 1 aromatic carbocycles. The van der Waals surface area contributed by atoms with Crippen LogP contribution >= 0.6 is 11.5 Å². The van der Waals surface area contributed by atoms with Gasteiger partial charge in [-0.15, -0.1) is 10.9 Å². The molecule has 0 amide bonds. The normalized spacial score (nSPS) is 31.7. The van der Waals surface area contributed by atoms with Gasteiger partial charge < -0.3 is 5.73 Å². The fraction of sp³-hybridized carbons (Fsp3) is 0.417. The number of Topliss-reactive ketones (excluding diaryl/α,β-unsaturated/α-hetero) is 1. The smallest absolute Gasteiger partial charge is 0.283 e. The van der Waals surface area contributed by atoms with Crippen molar-refractivity contribution in [2.45, 2.75) is 28.8 Å². The van der Waals surface area contributed by atoms with E-state index in [1.165, 1.54) is 16.4 Å². The molecule has 1 fully saturated rings. The van der Waals surface area contributed by atoms with Crippen LogP contribution in [0.5, 0.6) is 0 Å². The summed E-state index contributed by atoms with van der Waals surface area (Å²) in [6.45, 7) is 0. The SMILES string of the molecule is Bc1c(B)c(B)c2c(c1B)B(Cl)C1(B)CC(B)(B)CC(=O)C21N. The molecule has 2 nitrogen and oxygen atoms in total. The topological polar surface area (TPSA) is 43.1 Å². The Balaban J connectivity index is 2.41. The molecule has 2 N–H and O–H groups in total. The molecule has 1 saturated carbocycles. The first-order valence-corrected chi connectivity index (χ1v) is 8.89. The molecule has 0 bridgehead atoms. The summed E-state index contributed by atoms with van der Waals surface area (Å²) in [4.78, 5) is 13.2. The van der Waals surface area contributed by atoms with E-state index in [4.69, 9.17) is 17.2 Å². The van der Waals surface area contributed by atoms with Crippen LogP contribution in [-0.2, 0) is 10.3 Å². The molecule has 1 aliphatic heterocycles. The maximum Gasteiger partial charge on any atom is 0.283 e. The van der Waals surface area contributed by atoms with Gasteiger partial charge in [0.15, 0.2) is 5.78 Å². The van der Waals surface area contributed by atoms with Crippen molar-refractivity contribution >= 4 is 106 Å². The Morgan fingerprint density at radius 3 is 2.09 bits per heavy atom. The van der Waals surface area contributed by atoms with Crippen molar-refractivity contribution in [3.8, 4) is 0 Å². The third kappa shape index (κ3) is 1.94. The molecule has 2 aliphatic rings. The Hall–Kier alpha value is -0.341. The number of carbonyl (C=O) groups is 1. The highest BCUT2D eigenvalue weighted by molar-refractivity contribution is 7.20. The number of nitrogens with two attached hydrogens (primary N) is 1. The molecule has 1 aromatic rings. The van der Waals surface area contributed by atoms with E-state index in [0.29, 0.717) is 6.42 Å². The van der Waals surface area contributed by atoms with E-state index in [1.807, 2.05) is 0 Å². The molecule has 2 atom stereocenters. The van der Waals surface area contributed by atoms with Gasteiger partial charge in [0.2, 0.25) is 0 Å². The summed E-state index contributed by atoms with van der Waals surface area (Å²) >= 11 is 7.01. The standard InChI is InChI=1S/C12H20B8ClNO/c13-5-4-9(8(16)7(15)6(5)14)20(21)11(19)2-10(17,18)1-3(23)12(4,11)22/h1-2,13-19,22H2. The first kappa shape index (κ1) is 17.5. The van der Waals surface area contributed by atoms with Gasteiger partial charge in [0, 0.05) is 0 Å². The number of halogens is 1. The van der Waals surface area contributed by atoms with Crippen molar-refractivity contribution in [3.63, 3.8) is 0 Å². The van der Waals surface area contributed by atoms with Gasteiger partial charge in [0.05, 0.1) is 21.2 Å². The zero-order chi connectivity index (χ0) is 17.5. The van der Waals surface area contributed by atoms with E-state index in [-0.39, 0.29) is 17.1 Å². The minimum Gasteiger partial charge on any atom is -0.316 e. The Morgan fingerprint density at radius 1 is 1.00 bits per heavy atom. The van der Waals surface area contributed by atoms with Crippen molar-refractivity contribution < 1.29 is 4.79 Å². The summed E-state index contributed by atoms with van der Waals surface area (Å²) in [7, 11) is 14.9. The molecule has 110 valence electrons. The number of hydrogen-bond donors (Lipinski definition) is 1. The number of carbonyl (C=O) groups excluding carboxylic acids is 1. The minimum absolute atomic E-state index is 0.0597. The lowest BCUT2D eigenvalue weighted by Gasteiger charge is -2.51. The summed E-state index contributed by atoms with van der Waals surface area (Å²) in [6.07, 6.45) is 1.17. The van der Waals surface area contributed by atoms with E-state index in [9.17, 15) is 4.79 Å². The molecule has 0 aromatic heterocycles. The predicted octanol–water partition coefficient (Wildman–Crippen LogP) is -8.60. The zero-order valence-electron chi connectivity index (χ0n) is 15.4. The van der Waals surface area contributed by atoms with E-state index in [2.05, 4.69) is 54.9 Å². The van der Waals surface area contributed by atoms with Crippen molar-refractivity contribution in [1.29, 1.82) is 0 Å². The van der Waals surface area contributed by atoms with Crippen LogP contribution in [0.1, 0.15) is 18.4 Å². The van der Waals surface area contributed by atoms with Gasteiger partial charge in [-0.2, -0.15) is 11.5 Å². The Labute approximate surface area is 150 Å². The Kier molecular flexibility index (Phi) is 3.69. The second-order valence-electron chi connectivity index (χ2n) is 8.82.